The Hall–Kier alpha value is -2.44. The summed E-state index contributed by atoms with van der Waals surface area (Å²) in [4.78, 5) is 12.6. The third kappa shape index (κ3) is 5.03. The van der Waals surface area contributed by atoms with Crippen LogP contribution in [-0.4, -0.2) is 21.9 Å². The van der Waals surface area contributed by atoms with Crippen LogP contribution in [0.15, 0.2) is 77.7 Å². The molecular formula is C20H19N3OS2. The van der Waals surface area contributed by atoms with E-state index in [9.17, 15) is 4.79 Å². The average molecular weight is 382 g/mol. The van der Waals surface area contributed by atoms with Gasteiger partial charge < -0.3 is 5.32 Å². The van der Waals surface area contributed by atoms with Gasteiger partial charge in [0.25, 0.3) is 0 Å². The summed E-state index contributed by atoms with van der Waals surface area (Å²) in [5, 5.41) is 11.5. The molecule has 4 nitrogen and oxygen atoms in total. The van der Waals surface area contributed by atoms with E-state index >= 15 is 0 Å². The Morgan fingerprint density at radius 1 is 1.08 bits per heavy atom. The molecule has 2 aromatic carbocycles. The van der Waals surface area contributed by atoms with Gasteiger partial charge >= 0.3 is 0 Å². The zero-order chi connectivity index (χ0) is 18.2. The van der Waals surface area contributed by atoms with Crippen molar-refractivity contribution in [2.75, 3.05) is 11.1 Å². The van der Waals surface area contributed by atoms with E-state index in [2.05, 4.69) is 46.4 Å². The number of amides is 1. The van der Waals surface area contributed by atoms with Crippen LogP contribution < -0.4 is 5.32 Å². The van der Waals surface area contributed by atoms with Crippen molar-refractivity contribution in [2.24, 2.45) is 0 Å². The third-order valence-electron chi connectivity index (χ3n) is 3.77. The van der Waals surface area contributed by atoms with Crippen molar-refractivity contribution in [2.45, 2.75) is 16.7 Å². The van der Waals surface area contributed by atoms with Crippen molar-refractivity contribution in [3.8, 4) is 0 Å². The van der Waals surface area contributed by atoms with Crippen LogP contribution in [0.25, 0.3) is 0 Å². The molecule has 0 bridgehead atoms. The minimum Gasteiger partial charge on any atom is -0.300 e. The lowest BCUT2D eigenvalue weighted by atomic mass is 9.88. The van der Waals surface area contributed by atoms with Gasteiger partial charge in [0.15, 0.2) is 4.34 Å². The molecule has 0 spiro atoms. The molecule has 1 heterocycles. The SMILES string of the molecule is C=CCSc1nnc(NC(=O)CC(c2ccccc2)c2ccccc2)s1. The summed E-state index contributed by atoms with van der Waals surface area (Å²) in [7, 11) is 0. The van der Waals surface area contributed by atoms with Gasteiger partial charge in [-0.25, -0.2) is 0 Å². The van der Waals surface area contributed by atoms with Crippen LogP contribution in [-0.2, 0) is 4.79 Å². The molecule has 0 fully saturated rings. The van der Waals surface area contributed by atoms with Crippen LogP contribution in [0, 0.1) is 0 Å². The second-order valence-corrected chi connectivity index (χ2v) is 7.84. The Morgan fingerprint density at radius 3 is 2.27 bits per heavy atom. The predicted molar refractivity (Wildman–Crippen MR) is 109 cm³/mol. The normalized spacial score (nSPS) is 10.7. The Labute approximate surface area is 161 Å². The van der Waals surface area contributed by atoms with Crippen LogP contribution in [0.4, 0.5) is 5.13 Å². The molecule has 3 aromatic rings. The summed E-state index contributed by atoms with van der Waals surface area (Å²) < 4.78 is 0.822. The lowest BCUT2D eigenvalue weighted by molar-refractivity contribution is -0.116. The van der Waals surface area contributed by atoms with Gasteiger partial charge in [0.2, 0.25) is 11.0 Å². The van der Waals surface area contributed by atoms with E-state index in [0.717, 1.165) is 21.2 Å². The highest BCUT2D eigenvalue weighted by atomic mass is 32.2. The molecule has 132 valence electrons. The minimum absolute atomic E-state index is 0.0000624. The topological polar surface area (TPSA) is 54.9 Å². The monoisotopic (exact) mass is 381 g/mol. The number of nitrogens with zero attached hydrogens (tertiary/aromatic N) is 2. The Kier molecular flexibility index (Phi) is 6.57. The molecule has 0 saturated carbocycles. The number of anilines is 1. The number of rotatable bonds is 8. The van der Waals surface area contributed by atoms with Gasteiger partial charge in [0, 0.05) is 18.1 Å². The fourth-order valence-corrected chi connectivity index (χ4v) is 4.13. The van der Waals surface area contributed by atoms with Crippen molar-refractivity contribution < 1.29 is 4.79 Å². The van der Waals surface area contributed by atoms with Gasteiger partial charge in [-0.05, 0) is 11.1 Å². The number of benzene rings is 2. The van der Waals surface area contributed by atoms with Gasteiger partial charge in [-0.1, -0.05) is 89.8 Å². The number of nitrogens with one attached hydrogen (secondary N) is 1. The van der Waals surface area contributed by atoms with Gasteiger partial charge in [0.05, 0.1) is 0 Å². The maximum atomic E-state index is 12.6. The number of hydrogen-bond donors (Lipinski definition) is 1. The highest BCUT2D eigenvalue weighted by Gasteiger charge is 2.19. The molecule has 1 amide bonds. The van der Waals surface area contributed by atoms with E-state index in [4.69, 9.17) is 0 Å². The van der Waals surface area contributed by atoms with Gasteiger partial charge in [-0.2, -0.15) is 0 Å². The average Bonchev–Trinajstić information content (AvgIpc) is 3.13. The zero-order valence-electron chi connectivity index (χ0n) is 14.2. The van der Waals surface area contributed by atoms with E-state index < -0.39 is 0 Å². The van der Waals surface area contributed by atoms with Crippen LogP contribution in [0.5, 0.6) is 0 Å². The number of hydrogen-bond acceptors (Lipinski definition) is 5. The Morgan fingerprint density at radius 2 is 1.69 bits per heavy atom. The lowest BCUT2D eigenvalue weighted by Gasteiger charge is -2.17. The lowest BCUT2D eigenvalue weighted by Crippen LogP contribution is -2.16. The standard InChI is InChI=1S/C20H19N3OS2/c1-2-13-25-20-23-22-19(26-20)21-18(24)14-17(15-9-5-3-6-10-15)16-11-7-4-8-12-16/h2-12,17H,1,13-14H2,(H,21,22,24). The molecule has 1 N–H and O–H groups in total. The maximum Gasteiger partial charge on any atom is 0.227 e. The van der Waals surface area contributed by atoms with Crippen molar-refractivity contribution in [3.63, 3.8) is 0 Å². The van der Waals surface area contributed by atoms with Crippen LogP contribution in [0.2, 0.25) is 0 Å². The second-order valence-electron chi connectivity index (χ2n) is 5.60. The molecule has 0 unspecified atom stereocenters. The third-order valence-corrected chi connectivity index (χ3v) is 5.74. The van der Waals surface area contributed by atoms with Gasteiger partial charge in [-0.3, -0.25) is 4.79 Å². The molecule has 0 aliphatic heterocycles. The first-order valence-corrected chi connectivity index (χ1v) is 10.0. The van der Waals surface area contributed by atoms with Gasteiger partial charge in [0.1, 0.15) is 0 Å². The van der Waals surface area contributed by atoms with Crippen molar-refractivity contribution >= 4 is 34.1 Å². The molecule has 1 aromatic heterocycles. The predicted octanol–water partition coefficient (Wildman–Crippen LogP) is 4.98. The summed E-state index contributed by atoms with van der Waals surface area (Å²) in [5.74, 6) is 0.700. The van der Waals surface area contributed by atoms with E-state index in [1.165, 1.54) is 11.3 Å². The van der Waals surface area contributed by atoms with Crippen LogP contribution in [0.1, 0.15) is 23.5 Å². The fraction of sp³-hybridized carbons (Fsp3) is 0.150. The second kappa shape index (κ2) is 9.31. The highest BCUT2D eigenvalue weighted by molar-refractivity contribution is 8.01. The molecule has 0 radical (unpaired) electrons. The summed E-state index contributed by atoms with van der Waals surface area (Å²) in [6.07, 6.45) is 2.16. The smallest absolute Gasteiger partial charge is 0.227 e. The van der Waals surface area contributed by atoms with Crippen LogP contribution in [0.3, 0.4) is 0 Å². The quantitative estimate of drug-likeness (QED) is 0.340. The van der Waals surface area contributed by atoms with Crippen molar-refractivity contribution in [1.82, 2.24) is 10.2 Å². The molecule has 0 aliphatic rings. The Bertz CT molecular complexity index is 810. The van der Waals surface area contributed by atoms with E-state index in [-0.39, 0.29) is 11.8 Å². The summed E-state index contributed by atoms with van der Waals surface area (Å²) in [5.41, 5.74) is 2.24. The first-order chi connectivity index (χ1) is 12.8. The summed E-state index contributed by atoms with van der Waals surface area (Å²) in [6, 6.07) is 20.2. The van der Waals surface area contributed by atoms with Gasteiger partial charge in [-0.15, -0.1) is 16.8 Å². The summed E-state index contributed by atoms with van der Waals surface area (Å²) >= 11 is 2.93. The van der Waals surface area contributed by atoms with Crippen LogP contribution >= 0.6 is 23.1 Å². The van der Waals surface area contributed by atoms with E-state index in [1.807, 2.05) is 42.5 Å². The number of carbonyl (C=O) groups excluding carboxylic acids is 1. The zero-order valence-corrected chi connectivity index (χ0v) is 15.8. The molecule has 0 aliphatic carbocycles. The van der Waals surface area contributed by atoms with E-state index in [0.29, 0.717) is 11.6 Å². The fourth-order valence-electron chi connectivity index (χ4n) is 2.60. The molecule has 3 rings (SSSR count). The van der Waals surface area contributed by atoms with Crippen molar-refractivity contribution in [3.05, 3.63) is 84.4 Å². The first-order valence-electron chi connectivity index (χ1n) is 8.23. The minimum atomic E-state index is -0.0703. The summed E-state index contributed by atoms with van der Waals surface area (Å²) in [6.45, 7) is 3.69. The van der Waals surface area contributed by atoms with Crippen molar-refractivity contribution in [1.29, 1.82) is 0 Å². The number of carbonyl (C=O) groups is 1. The van der Waals surface area contributed by atoms with E-state index in [1.54, 1.807) is 11.8 Å². The molecule has 6 heteroatoms. The molecule has 0 atom stereocenters. The maximum absolute atomic E-state index is 12.6. The number of thioether (sulfide) groups is 1. The largest absolute Gasteiger partial charge is 0.300 e. The molecular weight excluding hydrogens is 362 g/mol. The molecule has 0 saturated heterocycles. The highest BCUT2D eigenvalue weighted by Crippen LogP contribution is 2.29. The first kappa shape index (κ1) is 18.4. The molecule has 26 heavy (non-hydrogen) atoms. The Balaban J connectivity index is 1.71. The number of aromatic nitrogens is 2.